The van der Waals surface area contributed by atoms with Crippen LogP contribution < -0.4 is 4.90 Å². The smallest absolute Gasteiger partial charge is 0.214 e. The topological polar surface area (TPSA) is 84.0 Å². The minimum absolute atomic E-state index is 0.170. The Kier molecular flexibility index (Phi) is 4.03. The Morgan fingerprint density at radius 3 is 2.96 bits per heavy atom. The van der Waals surface area contributed by atoms with Crippen LogP contribution in [0.15, 0.2) is 30.7 Å². The third kappa shape index (κ3) is 2.78. The maximum atomic E-state index is 13.0. The summed E-state index contributed by atoms with van der Waals surface area (Å²) < 4.78 is 5.16. The van der Waals surface area contributed by atoms with Gasteiger partial charge in [-0.2, -0.15) is 5.10 Å². The van der Waals surface area contributed by atoms with E-state index in [1.54, 1.807) is 31.8 Å². The van der Waals surface area contributed by atoms with Crippen molar-refractivity contribution in [3.05, 3.63) is 47.5 Å². The van der Waals surface area contributed by atoms with Crippen molar-refractivity contribution < 1.29 is 9.53 Å². The van der Waals surface area contributed by atoms with E-state index in [1.807, 2.05) is 24.9 Å². The van der Waals surface area contributed by atoms with E-state index in [0.29, 0.717) is 29.0 Å². The third-order valence-electron chi connectivity index (χ3n) is 3.55. The van der Waals surface area contributed by atoms with Gasteiger partial charge >= 0.3 is 0 Å². The summed E-state index contributed by atoms with van der Waals surface area (Å²) in [4.78, 5) is 23.4. The molecule has 118 valence electrons. The van der Waals surface area contributed by atoms with E-state index >= 15 is 0 Å². The maximum absolute atomic E-state index is 13.0. The normalized spacial score (nSPS) is 10.9. The molecule has 0 fully saturated rings. The first-order chi connectivity index (χ1) is 11.1. The van der Waals surface area contributed by atoms with Crippen LogP contribution in [0, 0.1) is 6.92 Å². The second kappa shape index (κ2) is 6.13. The Bertz CT molecular complexity index is 859. The summed E-state index contributed by atoms with van der Waals surface area (Å²) in [5.41, 5.74) is 3.18. The zero-order valence-electron chi connectivity index (χ0n) is 13.2. The number of fused-ring (bicyclic) bond motifs is 1. The van der Waals surface area contributed by atoms with Gasteiger partial charge in [0.15, 0.2) is 5.65 Å². The summed E-state index contributed by atoms with van der Waals surface area (Å²) in [5.74, 6) is -0.170. The summed E-state index contributed by atoms with van der Waals surface area (Å²) in [6, 6.07) is 3.61. The number of anilines is 1. The minimum atomic E-state index is -0.170. The number of aryl methyl sites for hydroxylation is 1. The average molecular weight is 311 g/mol. The van der Waals surface area contributed by atoms with Crippen molar-refractivity contribution in [2.75, 3.05) is 25.8 Å². The lowest BCUT2D eigenvalue weighted by Crippen LogP contribution is -2.23. The number of methoxy groups -OCH3 is 1. The molecule has 7 nitrogen and oxygen atoms in total. The summed E-state index contributed by atoms with van der Waals surface area (Å²) in [6.45, 7) is 2.30. The lowest BCUT2D eigenvalue weighted by atomic mass is 10.0. The second-order valence-corrected chi connectivity index (χ2v) is 5.32. The highest BCUT2D eigenvalue weighted by Gasteiger charge is 2.20. The van der Waals surface area contributed by atoms with E-state index in [0.717, 1.165) is 11.3 Å². The molecule has 0 aliphatic carbocycles. The minimum Gasteiger partial charge on any atom is -0.364 e. The maximum Gasteiger partial charge on any atom is 0.214 e. The Balaban J connectivity index is 2.11. The van der Waals surface area contributed by atoms with E-state index in [9.17, 15) is 4.79 Å². The lowest BCUT2D eigenvalue weighted by Gasteiger charge is -2.20. The number of aromatic nitrogens is 4. The number of hydrogen-bond acceptors (Lipinski definition) is 6. The van der Waals surface area contributed by atoms with E-state index in [2.05, 4.69) is 20.2 Å². The zero-order valence-corrected chi connectivity index (χ0v) is 13.2. The number of pyridine rings is 2. The predicted octanol–water partition coefficient (Wildman–Crippen LogP) is 1.93. The molecule has 3 heterocycles. The second-order valence-electron chi connectivity index (χ2n) is 5.32. The Morgan fingerprint density at radius 1 is 1.35 bits per heavy atom. The molecule has 0 atom stereocenters. The first-order valence-corrected chi connectivity index (χ1v) is 7.11. The molecule has 0 bridgehead atoms. The van der Waals surface area contributed by atoms with Crippen LogP contribution in [-0.4, -0.2) is 46.8 Å². The molecule has 23 heavy (non-hydrogen) atoms. The monoisotopic (exact) mass is 311 g/mol. The van der Waals surface area contributed by atoms with Crippen LogP contribution in [0.4, 0.5) is 5.69 Å². The quantitative estimate of drug-likeness (QED) is 0.572. The highest BCUT2D eigenvalue weighted by molar-refractivity contribution is 6.16. The molecule has 0 saturated carbocycles. The van der Waals surface area contributed by atoms with E-state index in [-0.39, 0.29) is 5.78 Å². The van der Waals surface area contributed by atoms with Gasteiger partial charge in [0.2, 0.25) is 5.78 Å². The molecule has 3 aromatic rings. The number of H-pyrrole nitrogens is 1. The number of ether oxygens (including phenoxy) is 1. The van der Waals surface area contributed by atoms with Gasteiger partial charge in [0.25, 0.3) is 0 Å². The average Bonchev–Trinajstić information content (AvgIpc) is 3.03. The van der Waals surface area contributed by atoms with Crippen LogP contribution in [0.25, 0.3) is 11.0 Å². The number of hydrogen-bond donors (Lipinski definition) is 1. The molecule has 0 unspecified atom stereocenters. The van der Waals surface area contributed by atoms with Crippen molar-refractivity contribution in [3.63, 3.8) is 0 Å². The molecule has 0 saturated heterocycles. The van der Waals surface area contributed by atoms with Crippen LogP contribution >= 0.6 is 0 Å². The number of ketones is 1. The molecule has 0 spiro atoms. The first-order valence-electron chi connectivity index (χ1n) is 7.11. The van der Waals surface area contributed by atoms with Gasteiger partial charge in [-0.25, -0.2) is 4.98 Å². The largest absolute Gasteiger partial charge is 0.364 e. The van der Waals surface area contributed by atoms with Crippen LogP contribution in [0.1, 0.15) is 21.6 Å². The Hall–Kier alpha value is -2.80. The number of nitrogens with zero attached hydrogens (tertiary/aromatic N) is 4. The molecule has 0 aliphatic heterocycles. The fraction of sp³-hybridized carbons (Fsp3) is 0.250. The molecular formula is C16H17N5O2. The number of nitrogens with one attached hydrogen (secondary N) is 1. The summed E-state index contributed by atoms with van der Waals surface area (Å²) in [6.07, 6.45) is 4.87. The third-order valence-corrected chi connectivity index (χ3v) is 3.55. The SMILES string of the molecule is COCN(C)c1cc(C)cnc1C(=O)c1ccnc2[nH]ncc12. The zero-order chi connectivity index (χ0) is 16.4. The fourth-order valence-corrected chi connectivity index (χ4v) is 2.46. The van der Waals surface area contributed by atoms with Crippen LogP contribution in [0.5, 0.6) is 0 Å². The molecule has 0 radical (unpaired) electrons. The summed E-state index contributed by atoms with van der Waals surface area (Å²) >= 11 is 0. The van der Waals surface area contributed by atoms with Crippen LogP contribution in [-0.2, 0) is 4.74 Å². The van der Waals surface area contributed by atoms with Gasteiger partial charge < -0.3 is 9.64 Å². The standard InChI is InChI=1S/C16H17N5O2/c1-10-6-13(21(2)9-23-3)14(18-7-10)15(22)11-4-5-17-16-12(11)8-19-20-16/h4-8H,9H2,1-3H3,(H,17,19,20). The summed E-state index contributed by atoms with van der Waals surface area (Å²) in [5, 5.41) is 7.40. The molecule has 3 rings (SSSR count). The van der Waals surface area contributed by atoms with Gasteiger partial charge in [0.05, 0.1) is 11.9 Å². The van der Waals surface area contributed by atoms with Gasteiger partial charge in [-0.05, 0) is 24.6 Å². The molecular weight excluding hydrogens is 294 g/mol. The van der Waals surface area contributed by atoms with Gasteiger partial charge in [0, 0.05) is 37.5 Å². The molecule has 7 heteroatoms. The van der Waals surface area contributed by atoms with Crippen molar-refractivity contribution in [2.24, 2.45) is 0 Å². The van der Waals surface area contributed by atoms with Gasteiger partial charge in [-0.1, -0.05) is 0 Å². The fourth-order valence-electron chi connectivity index (χ4n) is 2.46. The van der Waals surface area contributed by atoms with E-state index in [4.69, 9.17) is 4.74 Å². The summed E-state index contributed by atoms with van der Waals surface area (Å²) in [7, 11) is 3.47. The van der Waals surface area contributed by atoms with Crippen molar-refractivity contribution >= 4 is 22.5 Å². The number of carbonyl (C=O) groups is 1. The van der Waals surface area contributed by atoms with E-state index < -0.39 is 0 Å². The first kappa shape index (κ1) is 15.1. The van der Waals surface area contributed by atoms with Crippen molar-refractivity contribution in [2.45, 2.75) is 6.92 Å². The highest BCUT2D eigenvalue weighted by atomic mass is 16.5. The van der Waals surface area contributed by atoms with Crippen molar-refractivity contribution in [3.8, 4) is 0 Å². The molecule has 1 N–H and O–H groups in total. The van der Waals surface area contributed by atoms with Gasteiger partial charge in [0.1, 0.15) is 12.4 Å². The number of carbonyl (C=O) groups excluding carboxylic acids is 1. The van der Waals surface area contributed by atoms with Crippen molar-refractivity contribution in [1.29, 1.82) is 0 Å². The Morgan fingerprint density at radius 2 is 2.17 bits per heavy atom. The van der Waals surface area contributed by atoms with Crippen LogP contribution in [0.2, 0.25) is 0 Å². The highest BCUT2D eigenvalue weighted by Crippen LogP contribution is 2.24. The molecule has 0 aliphatic rings. The molecule has 0 amide bonds. The lowest BCUT2D eigenvalue weighted by molar-refractivity contribution is 0.103. The van der Waals surface area contributed by atoms with Crippen molar-refractivity contribution in [1.82, 2.24) is 20.2 Å². The number of aromatic amines is 1. The van der Waals surface area contributed by atoms with Gasteiger partial charge in [-0.3, -0.25) is 14.9 Å². The molecule has 3 aromatic heterocycles. The Labute approximate surface area is 133 Å². The predicted molar refractivity (Wildman–Crippen MR) is 86.6 cm³/mol. The van der Waals surface area contributed by atoms with Gasteiger partial charge in [-0.15, -0.1) is 0 Å². The molecule has 0 aromatic carbocycles. The van der Waals surface area contributed by atoms with E-state index in [1.165, 1.54) is 0 Å². The van der Waals surface area contributed by atoms with Crippen LogP contribution in [0.3, 0.4) is 0 Å². The number of rotatable bonds is 5.